The van der Waals surface area contributed by atoms with E-state index in [1.807, 2.05) is 31.2 Å². The van der Waals surface area contributed by atoms with E-state index in [2.05, 4.69) is 15.3 Å². The third-order valence-electron chi connectivity index (χ3n) is 5.72. The predicted octanol–water partition coefficient (Wildman–Crippen LogP) is 5.19. The number of aromatic nitrogens is 3. The molecular formula is C27H22FN5O3S. The van der Waals surface area contributed by atoms with E-state index in [-0.39, 0.29) is 17.9 Å². The van der Waals surface area contributed by atoms with Gasteiger partial charge in [0, 0.05) is 23.1 Å². The molecule has 3 N–H and O–H groups in total. The highest BCUT2D eigenvalue weighted by atomic mass is 32.1. The van der Waals surface area contributed by atoms with Crippen LogP contribution in [-0.2, 0) is 0 Å². The fourth-order valence-corrected chi connectivity index (χ4v) is 4.72. The minimum atomic E-state index is -0.614. The molecule has 0 spiro atoms. The summed E-state index contributed by atoms with van der Waals surface area (Å²) < 4.78 is 20.2. The van der Waals surface area contributed by atoms with E-state index in [1.165, 1.54) is 46.4 Å². The average Bonchev–Trinajstić information content (AvgIpc) is 3.24. The Kier molecular flexibility index (Phi) is 6.41. The van der Waals surface area contributed by atoms with Crippen molar-refractivity contribution in [1.29, 1.82) is 0 Å². The minimum absolute atomic E-state index is 0.148. The zero-order valence-electron chi connectivity index (χ0n) is 20.0. The quantitative estimate of drug-likeness (QED) is 0.322. The number of fused-ring (bicyclic) bond motifs is 1. The Hall–Kier alpha value is -4.57. The van der Waals surface area contributed by atoms with Crippen LogP contribution in [0.5, 0.6) is 5.75 Å². The summed E-state index contributed by atoms with van der Waals surface area (Å²) in [6.45, 7) is 3.95. The number of halogens is 1. The number of hydrogen-bond donors (Lipinski definition) is 2. The van der Waals surface area contributed by atoms with Gasteiger partial charge in [0.1, 0.15) is 27.5 Å². The summed E-state index contributed by atoms with van der Waals surface area (Å²) >= 11 is 1.32. The maximum absolute atomic E-state index is 13.4. The van der Waals surface area contributed by atoms with Gasteiger partial charge >= 0.3 is 0 Å². The first-order valence-electron chi connectivity index (χ1n) is 11.4. The number of nitrogen functional groups attached to an aromatic ring is 1. The topological polar surface area (TPSA) is 112 Å². The van der Waals surface area contributed by atoms with E-state index in [9.17, 15) is 14.0 Å². The fourth-order valence-electron chi connectivity index (χ4n) is 4.02. The molecule has 5 aromatic rings. The van der Waals surface area contributed by atoms with Gasteiger partial charge in [0.15, 0.2) is 5.13 Å². The van der Waals surface area contributed by atoms with E-state index in [0.29, 0.717) is 16.5 Å². The molecule has 0 atom stereocenters. The number of anilines is 2. The van der Waals surface area contributed by atoms with Crippen molar-refractivity contribution in [2.45, 2.75) is 13.8 Å². The zero-order valence-corrected chi connectivity index (χ0v) is 20.8. The van der Waals surface area contributed by atoms with Gasteiger partial charge in [-0.1, -0.05) is 17.4 Å². The molecule has 1 amide bonds. The van der Waals surface area contributed by atoms with Gasteiger partial charge in [-0.25, -0.2) is 14.4 Å². The van der Waals surface area contributed by atoms with Crippen LogP contribution in [0.25, 0.3) is 27.3 Å². The van der Waals surface area contributed by atoms with Crippen molar-refractivity contribution in [1.82, 2.24) is 14.5 Å². The molecule has 0 saturated carbocycles. The van der Waals surface area contributed by atoms with Crippen molar-refractivity contribution in [3.63, 3.8) is 0 Å². The highest BCUT2D eigenvalue weighted by Crippen LogP contribution is 2.29. The number of nitrogens with zero attached hydrogens (tertiary/aromatic N) is 3. The van der Waals surface area contributed by atoms with Gasteiger partial charge < -0.3 is 15.8 Å². The number of nitrogens with two attached hydrogens (primary N) is 1. The number of pyridine rings is 2. The second kappa shape index (κ2) is 9.82. The van der Waals surface area contributed by atoms with E-state index < -0.39 is 17.3 Å². The van der Waals surface area contributed by atoms with Crippen LogP contribution in [0.3, 0.4) is 0 Å². The molecule has 0 aliphatic carbocycles. The lowest BCUT2D eigenvalue weighted by Gasteiger charge is -2.14. The predicted molar refractivity (Wildman–Crippen MR) is 143 cm³/mol. The summed E-state index contributed by atoms with van der Waals surface area (Å²) in [5, 5.41) is 3.26. The number of hydrogen-bond acceptors (Lipinski definition) is 7. The highest BCUT2D eigenvalue weighted by Gasteiger charge is 2.21. The Bertz CT molecular complexity index is 1700. The van der Waals surface area contributed by atoms with Gasteiger partial charge in [-0.05, 0) is 74.0 Å². The molecule has 186 valence electrons. The molecule has 3 aromatic heterocycles. The Morgan fingerprint density at radius 1 is 1.11 bits per heavy atom. The fraction of sp³-hybridized carbons (Fsp3) is 0.111. The van der Waals surface area contributed by atoms with Crippen LogP contribution in [-0.4, -0.2) is 27.0 Å². The third kappa shape index (κ3) is 4.78. The number of thiazole rings is 1. The molecule has 0 bridgehead atoms. The Labute approximate surface area is 215 Å². The summed E-state index contributed by atoms with van der Waals surface area (Å²) in [6.07, 6.45) is 1.50. The number of rotatable bonds is 6. The number of ether oxygens (including phenoxy) is 1. The molecule has 10 heteroatoms. The first kappa shape index (κ1) is 24.1. The van der Waals surface area contributed by atoms with Crippen molar-refractivity contribution < 1.29 is 13.9 Å². The normalized spacial score (nSPS) is 11.0. The van der Waals surface area contributed by atoms with Crippen LogP contribution < -0.4 is 21.3 Å². The molecule has 0 fully saturated rings. The van der Waals surface area contributed by atoms with Gasteiger partial charge in [-0.2, -0.15) is 0 Å². The number of carbonyl (C=O) groups excluding carboxylic acids is 1. The minimum Gasteiger partial charge on any atom is -0.493 e. The standard InChI is InChI=1S/C27H22FN5O3S/c1-3-36-22-12-13-33(18-7-4-16(28)5-8-18)26(35)23(22)24(34)30-17-6-9-19(15(2)14-17)20-10-11-21-25(31-20)37-27(29)32-21/h4-14H,3H2,1-2H3,(H2,29,32)(H,30,34). The lowest BCUT2D eigenvalue weighted by atomic mass is 10.0. The van der Waals surface area contributed by atoms with Crippen LogP contribution in [0, 0.1) is 12.7 Å². The monoisotopic (exact) mass is 515 g/mol. The maximum atomic E-state index is 13.4. The van der Waals surface area contributed by atoms with E-state index in [4.69, 9.17) is 10.5 Å². The van der Waals surface area contributed by atoms with Gasteiger partial charge in [0.05, 0.1) is 12.3 Å². The molecule has 0 unspecified atom stereocenters. The smallest absolute Gasteiger partial charge is 0.271 e. The van der Waals surface area contributed by atoms with Crippen molar-refractivity contribution >= 4 is 38.4 Å². The van der Waals surface area contributed by atoms with Gasteiger partial charge in [0.25, 0.3) is 11.5 Å². The van der Waals surface area contributed by atoms with Crippen LogP contribution >= 0.6 is 11.3 Å². The van der Waals surface area contributed by atoms with Crippen LogP contribution in [0.15, 0.2) is 71.7 Å². The number of nitrogens with one attached hydrogen (secondary N) is 1. The van der Waals surface area contributed by atoms with Gasteiger partial charge in [-0.3, -0.25) is 14.2 Å². The average molecular weight is 516 g/mol. The van der Waals surface area contributed by atoms with Gasteiger partial charge in [0.2, 0.25) is 0 Å². The summed E-state index contributed by atoms with van der Waals surface area (Å²) in [5.74, 6) is -0.874. The van der Waals surface area contributed by atoms with E-state index in [0.717, 1.165) is 27.2 Å². The number of aryl methyl sites for hydroxylation is 1. The number of amides is 1. The molecule has 5 rings (SSSR count). The van der Waals surface area contributed by atoms with E-state index >= 15 is 0 Å². The summed E-state index contributed by atoms with van der Waals surface area (Å²) in [5.41, 5.74) is 9.27. The molecule has 3 heterocycles. The molecular weight excluding hydrogens is 493 g/mol. The zero-order chi connectivity index (χ0) is 26.1. The second-order valence-electron chi connectivity index (χ2n) is 8.20. The first-order valence-corrected chi connectivity index (χ1v) is 12.3. The molecule has 2 aromatic carbocycles. The largest absolute Gasteiger partial charge is 0.493 e. The van der Waals surface area contributed by atoms with Crippen LogP contribution in [0.1, 0.15) is 22.8 Å². The highest BCUT2D eigenvalue weighted by molar-refractivity contribution is 7.21. The number of carbonyl (C=O) groups is 1. The van der Waals surface area contributed by atoms with Crippen LogP contribution in [0.4, 0.5) is 15.2 Å². The summed E-state index contributed by atoms with van der Waals surface area (Å²) in [7, 11) is 0. The lowest BCUT2D eigenvalue weighted by molar-refractivity contribution is 0.102. The van der Waals surface area contributed by atoms with Crippen molar-refractivity contribution in [2.24, 2.45) is 0 Å². The van der Waals surface area contributed by atoms with E-state index in [1.54, 1.807) is 19.1 Å². The first-order chi connectivity index (χ1) is 17.8. The molecule has 8 nitrogen and oxygen atoms in total. The Balaban J connectivity index is 1.46. The number of benzene rings is 2. The van der Waals surface area contributed by atoms with Crippen LogP contribution in [0.2, 0.25) is 0 Å². The van der Waals surface area contributed by atoms with Crippen molar-refractivity contribution in [3.05, 3.63) is 94.2 Å². The summed E-state index contributed by atoms with van der Waals surface area (Å²) in [6, 6.07) is 16.1. The summed E-state index contributed by atoms with van der Waals surface area (Å²) in [4.78, 5) is 36.2. The third-order valence-corrected chi connectivity index (χ3v) is 6.51. The molecule has 0 saturated heterocycles. The molecule has 0 aliphatic heterocycles. The lowest BCUT2D eigenvalue weighted by Crippen LogP contribution is -2.29. The Morgan fingerprint density at radius 2 is 1.89 bits per heavy atom. The van der Waals surface area contributed by atoms with Crippen molar-refractivity contribution in [3.8, 4) is 22.7 Å². The molecule has 0 aliphatic rings. The Morgan fingerprint density at radius 3 is 2.62 bits per heavy atom. The SMILES string of the molecule is CCOc1ccn(-c2ccc(F)cc2)c(=O)c1C(=O)Nc1ccc(-c2ccc3nc(N)sc3n2)c(C)c1. The molecule has 37 heavy (non-hydrogen) atoms. The molecule has 0 radical (unpaired) electrons. The van der Waals surface area contributed by atoms with Gasteiger partial charge in [-0.15, -0.1) is 0 Å². The second-order valence-corrected chi connectivity index (χ2v) is 9.21. The van der Waals surface area contributed by atoms with Crippen molar-refractivity contribution in [2.75, 3.05) is 17.7 Å². The maximum Gasteiger partial charge on any atom is 0.271 e.